The Bertz CT molecular complexity index is 105. The van der Waals surface area contributed by atoms with Crippen LogP contribution in [0.15, 0.2) is 5.18 Å². The third-order valence-electron chi connectivity index (χ3n) is 1.77. The van der Waals surface area contributed by atoms with Crippen LogP contribution in [-0.4, -0.2) is 17.3 Å². The molecule has 1 aliphatic rings. The molecule has 0 amide bonds. The van der Waals surface area contributed by atoms with Crippen LogP contribution in [0, 0.1) is 4.91 Å². The Morgan fingerprint density at radius 2 is 2.22 bits per heavy atom. The maximum absolute atomic E-state index is 9.94. The van der Waals surface area contributed by atoms with Gasteiger partial charge in [0.05, 0.1) is 12.1 Å². The fourth-order valence-electron chi connectivity index (χ4n) is 1.23. The molecule has 1 N–H and O–H groups in total. The summed E-state index contributed by atoms with van der Waals surface area (Å²) in [7, 11) is 0. The number of aliphatic hydroxyl groups excluding tert-OH is 1. The lowest BCUT2D eigenvalue weighted by molar-refractivity contribution is 0.121. The van der Waals surface area contributed by atoms with Crippen molar-refractivity contribution in [3.8, 4) is 0 Å². The molecule has 9 heavy (non-hydrogen) atoms. The highest BCUT2D eigenvalue weighted by atomic mass is 16.3. The molecule has 0 spiro atoms. The van der Waals surface area contributed by atoms with Gasteiger partial charge >= 0.3 is 0 Å². The van der Waals surface area contributed by atoms with E-state index in [1.165, 1.54) is 0 Å². The number of hydrogen-bond donors (Lipinski definition) is 1. The summed E-state index contributed by atoms with van der Waals surface area (Å²) in [5.74, 6) is 0. The van der Waals surface area contributed by atoms with Gasteiger partial charge in [0.1, 0.15) is 0 Å². The fourth-order valence-corrected chi connectivity index (χ4v) is 1.23. The number of nitroso groups, excluding NO2 is 1. The van der Waals surface area contributed by atoms with Crippen LogP contribution in [0.3, 0.4) is 0 Å². The van der Waals surface area contributed by atoms with Crippen molar-refractivity contribution in [2.45, 2.75) is 37.8 Å². The molecule has 0 radical (unpaired) electrons. The molecule has 0 bridgehead atoms. The van der Waals surface area contributed by atoms with Crippen LogP contribution < -0.4 is 0 Å². The molecule has 2 atom stereocenters. The molecule has 1 fully saturated rings. The fraction of sp³-hybridized carbons (Fsp3) is 1.00. The molecule has 1 aliphatic carbocycles. The molecule has 3 nitrogen and oxygen atoms in total. The molecule has 0 aromatic heterocycles. The molecular weight excluding hydrogens is 118 g/mol. The molecule has 0 aromatic rings. The first kappa shape index (κ1) is 6.68. The predicted molar refractivity (Wildman–Crippen MR) is 34.1 cm³/mol. The highest BCUT2D eigenvalue weighted by molar-refractivity contribution is 4.76. The van der Waals surface area contributed by atoms with Crippen molar-refractivity contribution in [1.29, 1.82) is 0 Å². The van der Waals surface area contributed by atoms with Crippen molar-refractivity contribution in [3.63, 3.8) is 0 Å². The maximum atomic E-state index is 9.94. The van der Waals surface area contributed by atoms with E-state index >= 15 is 0 Å². The smallest absolute Gasteiger partial charge is 0.0944 e. The van der Waals surface area contributed by atoms with E-state index in [4.69, 9.17) is 5.11 Å². The number of hydrogen-bond acceptors (Lipinski definition) is 3. The number of aliphatic hydroxyl groups is 1. The standard InChI is InChI=1S/C6H11NO2/c8-6-3-1-2-5(4-6)7-9/h5-6,8H,1-4H2. The second kappa shape index (κ2) is 2.92. The van der Waals surface area contributed by atoms with E-state index in [9.17, 15) is 4.91 Å². The molecule has 0 aliphatic heterocycles. The van der Waals surface area contributed by atoms with Crippen LogP contribution in [0.5, 0.6) is 0 Å². The van der Waals surface area contributed by atoms with Gasteiger partial charge in [-0.1, -0.05) is 5.18 Å². The average Bonchev–Trinajstić information content (AvgIpc) is 1.88. The maximum Gasteiger partial charge on any atom is 0.0944 e. The number of nitrogens with zero attached hydrogens (tertiary/aromatic N) is 1. The highest BCUT2D eigenvalue weighted by Gasteiger charge is 2.19. The topological polar surface area (TPSA) is 49.7 Å². The first-order valence-electron chi connectivity index (χ1n) is 3.33. The van der Waals surface area contributed by atoms with Crippen molar-refractivity contribution in [2.75, 3.05) is 0 Å². The lowest BCUT2D eigenvalue weighted by Gasteiger charge is -2.19. The Kier molecular flexibility index (Phi) is 2.16. The van der Waals surface area contributed by atoms with Crippen molar-refractivity contribution in [2.24, 2.45) is 5.18 Å². The second-order valence-corrected chi connectivity index (χ2v) is 2.58. The SMILES string of the molecule is O=NC1CCCC(O)C1. The van der Waals surface area contributed by atoms with Gasteiger partial charge in [0.15, 0.2) is 0 Å². The van der Waals surface area contributed by atoms with Gasteiger partial charge in [-0.25, -0.2) is 0 Å². The number of rotatable bonds is 1. The molecule has 0 heterocycles. The first-order chi connectivity index (χ1) is 4.33. The molecular formula is C6H11NO2. The van der Waals surface area contributed by atoms with Gasteiger partial charge in [0, 0.05) is 0 Å². The van der Waals surface area contributed by atoms with Crippen molar-refractivity contribution >= 4 is 0 Å². The zero-order valence-electron chi connectivity index (χ0n) is 5.29. The molecule has 52 valence electrons. The minimum Gasteiger partial charge on any atom is -0.393 e. The van der Waals surface area contributed by atoms with Crippen LogP contribution in [0.4, 0.5) is 0 Å². The van der Waals surface area contributed by atoms with E-state index in [2.05, 4.69) is 5.18 Å². The zero-order valence-corrected chi connectivity index (χ0v) is 5.29. The molecule has 1 rings (SSSR count). The summed E-state index contributed by atoms with van der Waals surface area (Å²) in [6, 6.07) is -0.117. The lowest BCUT2D eigenvalue weighted by Crippen LogP contribution is -2.21. The van der Waals surface area contributed by atoms with E-state index in [-0.39, 0.29) is 12.1 Å². The average molecular weight is 129 g/mol. The zero-order chi connectivity index (χ0) is 6.69. The minimum atomic E-state index is -0.276. The molecule has 0 aromatic carbocycles. The van der Waals surface area contributed by atoms with Gasteiger partial charge in [-0.3, -0.25) is 0 Å². The van der Waals surface area contributed by atoms with Crippen molar-refractivity contribution in [1.82, 2.24) is 0 Å². The van der Waals surface area contributed by atoms with Crippen molar-refractivity contribution < 1.29 is 5.11 Å². The molecule has 0 saturated heterocycles. The summed E-state index contributed by atoms with van der Waals surface area (Å²) in [4.78, 5) is 9.94. The Morgan fingerprint density at radius 1 is 1.44 bits per heavy atom. The van der Waals surface area contributed by atoms with Crippen molar-refractivity contribution in [3.05, 3.63) is 4.91 Å². The quantitative estimate of drug-likeness (QED) is 0.538. The summed E-state index contributed by atoms with van der Waals surface area (Å²) in [6.07, 6.45) is 2.94. The first-order valence-corrected chi connectivity index (χ1v) is 3.33. The van der Waals surface area contributed by atoms with Gasteiger partial charge in [0.2, 0.25) is 0 Å². The summed E-state index contributed by atoms with van der Waals surface area (Å²) >= 11 is 0. The summed E-state index contributed by atoms with van der Waals surface area (Å²) in [6.45, 7) is 0. The monoisotopic (exact) mass is 129 g/mol. The largest absolute Gasteiger partial charge is 0.393 e. The summed E-state index contributed by atoms with van der Waals surface area (Å²) in [5.41, 5.74) is 0. The van der Waals surface area contributed by atoms with Crippen LogP contribution in [0.25, 0.3) is 0 Å². The van der Waals surface area contributed by atoms with E-state index in [0.717, 1.165) is 19.3 Å². The summed E-state index contributed by atoms with van der Waals surface area (Å²) in [5, 5.41) is 11.9. The molecule has 1 saturated carbocycles. The van der Waals surface area contributed by atoms with E-state index in [0.29, 0.717) is 6.42 Å². The molecule has 3 heteroatoms. The second-order valence-electron chi connectivity index (χ2n) is 2.58. The third kappa shape index (κ3) is 1.75. The normalized spacial score (nSPS) is 36.1. The van der Waals surface area contributed by atoms with Gasteiger partial charge in [-0.15, -0.1) is 0 Å². The van der Waals surface area contributed by atoms with E-state index in [1.807, 2.05) is 0 Å². The van der Waals surface area contributed by atoms with Crippen LogP contribution in [-0.2, 0) is 0 Å². The Labute approximate surface area is 54.0 Å². The Balaban J connectivity index is 2.31. The van der Waals surface area contributed by atoms with Gasteiger partial charge in [0.25, 0.3) is 0 Å². The highest BCUT2D eigenvalue weighted by Crippen LogP contribution is 2.20. The predicted octanol–water partition coefficient (Wildman–Crippen LogP) is 1.06. The van der Waals surface area contributed by atoms with Crippen LogP contribution in [0.1, 0.15) is 25.7 Å². The van der Waals surface area contributed by atoms with Crippen LogP contribution >= 0.6 is 0 Å². The van der Waals surface area contributed by atoms with Gasteiger partial charge in [-0.05, 0) is 25.7 Å². The third-order valence-corrected chi connectivity index (χ3v) is 1.77. The molecule has 2 unspecified atom stereocenters. The van der Waals surface area contributed by atoms with Gasteiger partial charge < -0.3 is 5.11 Å². The van der Waals surface area contributed by atoms with Crippen LogP contribution in [0.2, 0.25) is 0 Å². The van der Waals surface area contributed by atoms with E-state index < -0.39 is 0 Å². The summed E-state index contributed by atoms with van der Waals surface area (Å²) < 4.78 is 0. The minimum absolute atomic E-state index is 0.117. The van der Waals surface area contributed by atoms with E-state index in [1.54, 1.807) is 0 Å². The Morgan fingerprint density at radius 3 is 2.67 bits per heavy atom. The lowest BCUT2D eigenvalue weighted by atomic mass is 9.94. The Hall–Kier alpha value is -0.440. The van der Waals surface area contributed by atoms with Gasteiger partial charge in [-0.2, -0.15) is 4.91 Å².